The molecule has 86 valence electrons. The van der Waals surface area contributed by atoms with Crippen LogP contribution in [-0.4, -0.2) is 32.4 Å². The largest absolute Gasteiger partial charge is 0.378 e. The molecule has 0 unspecified atom stereocenters. The van der Waals surface area contributed by atoms with Crippen LogP contribution in [0.3, 0.4) is 0 Å². The van der Waals surface area contributed by atoms with E-state index >= 15 is 0 Å². The maximum Gasteiger partial charge on any atom is 0.100 e. The van der Waals surface area contributed by atoms with E-state index in [0.717, 1.165) is 32.8 Å². The maximum absolute atomic E-state index is 5.90. The predicted molar refractivity (Wildman–Crippen MR) is 61.4 cm³/mol. The number of morpholine rings is 1. The van der Waals surface area contributed by atoms with E-state index in [2.05, 4.69) is 29.6 Å². The summed E-state index contributed by atoms with van der Waals surface area (Å²) in [6.07, 6.45) is 1.19. The number of nitrogens with one attached hydrogen (secondary N) is 1. The van der Waals surface area contributed by atoms with E-state index in [0.29, 0.717) is 6.04 Å². The number of ether oxygens (including phenoxy) is 2. The Balaban J connectivity index is 1.86. The Morgan fingerprint density at radius 1 is 1.19 bits per heavy atom. The quantitative estimate of drug-likeness (QED) is 0.772. The van der Waals surface area contributed by atoms with Crippen LogP contribution in [0.15, 0.2) is 24.3 Å². The summed E-state index contributed by atoms with van der Waals surface area (Å²) >= 11 is 0. The van der Waals surface area contributed by atoms with Crippen molar-refractivity contribution in [1.82, 2.24) is 5.32 Å². The Bertz CT molecular complexity index is 361. The fraction of sp³-hybridized carbons (Fsp3) is 0.538. The fourth-order valence-electron chi connectivity index (χ4n) is 2.54. The minimum absolute atomic E-state index is 0.158. The molecule has 0 aliphatic carbocycles. The zero-order valence-corrected chi connectivity index (χ0v) is 9.32. The molecule has 3 rings (SSSR count). The van der Waals surface area contributed by atoms with Crippen LogP contribution in [0.1, 0.15) is 17.2 Å². The topological polar surface area (TPSA) is 30.5 Å². The number of hydrogen-bond donors (Lipinski definition) is 1. The van der Waals surface area contributed by atoms with Gasteiger partial charge < -0.3 is 14.8 Å². The second kappa shape index (κ2) is 4.53. The highest BCUT2D eigenvalue weighted by Gasteiger charge is 2.29. The molecule has 1 fully saturated rings. The first-order valence-corrected chi connectivity index (χ1v) is 5.96. The van der Waals surface area contributed by atoms with Crippen molar-refractivity contribution in [2.45, 2.75) is 18.6 Å². The van der Waals surface area contributed by atoms with Crippen LogP contribution in [0.25, 0.3) is 0 Å². The molecule has 0 aromatic heterocycles. The second-order valence-electron chi connectivity index (χ2n) is 4.38. The monoisotopic (exact) mass is 219 g/mol. The summed E-state index contributed by atoms with van der Waals surface area (Å²) in [5.41, 5.74) is 2.75. The summed E-state index contributed by atoms with van der Waals surface area (Å²) < 4.78 is 11.4. The third-order valence-corrected chi connectivity index (χ3v) is 3.35. The number of fused-ring (bicyclic) bond motifs is 1. The summed E-state index contributed by atoms with van der Waals surface area (Å²) in [4.78, 5) is 0. The van der Waals surface area contributed by atoms with Crippen molar-refractivity contribution in [2.24, 2.45) is 0 Å². The van der Waals surface area contributed by atoms with Gasteiger partial charge >= 0.3 is 0 Å². The Labute approximate surface area is 95.8 Å². The number of hydrogen-bond acceptors (Lipinski definition) is 3. The third kappa shape index (κ3) is 1.86. The molecule has 1 aromatic carbocycles. The van der Waals surface area contributed by atoms with Crippen molar-refractivity contribution < 1.29 is 9.47 Å². The van der Waals surface area contributed by atoms with Gasteiger partial charge in [0.2, 0.25) is 0 Å². The SMILES string of the molecule is c1ccc2c(c1)CCO[C@@H]2[C@@H]1COCCN1. The van der Waals surface area contributed by atoms with E-state index in [1.807, 2.05) is 0 Å². The van der Waals surface area contributed by atoms with E-state index < -0.39 is 0 Å². The lowest BCUT2D eigenvalue weighted by Crippen LogP contribution is -2.46. The van der Waals surface area contributed by atoms with Gasteiger partial charge in [0, 0.05) is 6.54 Å². The average Bonchev–Trinajstić information content (AvgIpc) is 2.39. The van der Waals surface area contributed by atoms with Crippen molar-refractivity contribution in [1.29, 1.82) is 0 Å². The van der Waals surface area contributed by atoms with E-state index in [1.54, 1.807) is 0 Å². The highest BCUT2D eigenvalue weighted by molar-refractivity contribution is 5.32. The summed E-state index contributed by atoms with van der Waals surface area (Å²) in [5, 5.41) is 3.48. The molecule has 1 aromatic rings. The van der Waals surface area contributed by atoms with Crippen LogP contribution < -0.4 is 5.32 Å². The Kier molecular flexibility index (Phi) is 2.91. The van der Waals surface area contributed by atoms with Gasteiger partial charge in [-0.15, -0.1) is 0 Å². The maximum atomic E-state index is 5.90. The molecule has 3 nitrogen and oxygen atoms in total. The molecule has 0 radical (unpaired) electrons. The van der Waals surface area contributed by atoms with Gasteiger partial charge in [-0.25, -0.2) is 0 Å². The zero-order chi connectivity index (χ0) is 10.8. The molecule has 0 saturated carbocycles. The normalized spacial score (nSPS) is 29.8. The zero-order valence-electron chi connectivity index (χ0n) is 9.32. The first kappa shape index (κ1) is 10.3. The van der Waals surface area contributed by atoms with Gasteiger partial charge in [0.15, 0.2) is 0 Å². The number of rotatable bonds is 1. The van der Waals surface area contributed by atoms with Gasteiger partial charge in [-0.2, -0.15) is 0 Å². The lowest BCUT2D eigenvalue weighted by Gasteiger charge is -2.35. The molecular formula is C13H17NO2. The highest BCUT2D eigenvalue weighted by atomic mass is 16.5. The highest BCUT2D eigenvalue weighted by Crippen LogP contribution is 2.30. The van der Waals surface area contributed by atoms with Gasteiger partial charge in [-0.3, -0.25) is 0 Å². The lowest BCUT2D eigenvalue weighted by atomic mass is 9.93. The molecule has 2 aliphatic heterocycles. The molecule has 2 aliphatic rings. The summed E-state index contributed by atoms with van der Waals surface area (Å²) in [5.74, 6) is 0. The summed E-state index contributed by atoms with van der Waals surface area (Å²) in [6.45, 7) is 3.30. The van der Waals surface area contributed by atoms with Crippen molar-refractivity contribution in [3.8, 4) is 0 Å². The van der Waals surface area contributed by atoms with E-state index in [4.69, 9.17) is 9.47 Å². The summed E-state index contributed by atoms with van der Waals surface area (Å²) in [6, 6.07) is 8.87. The van der Waals surface area contributed by atoms with Gasteiger partial charge in [-0.05, 0) is 17.5 Å². The summed E-state index contributed by atoms with van der Waals surface area (Å²) in [7, 11) is 0. The van der Waals surface area contributed by atoms with Crippen LogP contribution >= 0.6 is 0 Å². The van der Waals surface area contributed by atoms with Crippen molar-refractivity contribution >= 4 is 0 Å². The third-order valence-electron chi connectivity index (χ3n) is 3.35. The fourth-order valence-corrected chi connectivity index (χ4v) is 2.54. The molecule has 3 heteroatoms. The predicted octanol–water partition coefficient (Wildman–Crippen LogP) is 1.29. The Hall–Kier alpha value is -0.900. The van der Waals surface area contributed by atoms with E-state index in [1.165, 1.54) is 11.1 Å². The lowest BCUT2D eigenvalue weighted by molar-refractivity contribution is -0.0310. The first-order chi connectivity index (χ1) is 7.95. The smallest absolute Gasteiger partial charge is 0.100 e. The molecule has 0 amide bonds. The van der Waals surface area contributed by atoms with Crippen LogP contribution in [0.4, 0.5) is 0 Å². The van der Waals surface area contributed by atoms with Crippen LogP contribution in [0, 0.1) is 0 Å². The van der Waals surface area contributed by atoms with Gasteiger partial charge in [0.05, 0.1) is 25.9 Å². The van der Waals surface area contributed by atoms with Crippen molar-refractivity contribution in [3.05, 3.63) is 35.4 Å². The van der Waals surface area contributed by atoms with Crippen molar-refractivity contribution in [3.63, 3.8) is 0 Å². The van der Waals surface area contributed by atoms with Crippen molar-refractivity contribution in [2.75, 3.05) is 26.4 Å². The Morgan fingerprint density at radius 2 is 2.12 bits per heavy atom. The molecule has 2 atom stereocenters. The molecule has 16 heavy (non-hydrogen) atoms. The minimum atomic E-state index is 0.158. The second-order valence-corrected chi connectivity index (χ2v) is 4.38. The molecule has 2 heterocycles. The van der Waals surface area contributed by atoms with Gasteiger partial charge in [0.1, 0.15) is 6.10 Å². The first-order valence-electron chi connectivity index (χ1n) is 5.96. The standard InChI is InChI=1S/C13H17NO2/c1-2-4-11-10(3-1)5-7-16-13(11)12-9-15-8-6-14-12/h1-4,12-14H,5-9H2/t12-,13-/m0/s1. The van der Waals surface area contributed by atoms with Gasteiger partial charge in [-0.1, -0.05) is 24.3 Å². The molecule has 1 N–H and O–H groups in total. The molecular weight excluding hydrogens is 202 g/mol. The van der Waals surface area contributed by atoms with Crippen LogP contribution in [0.2, 0.25) is 0 Å². The Morgan fingerprint density at radius 3 is 3.00 bits per heavy atom. The minimum Gasteiger partial charge on any atom is -0.378 e. The van der Waals surface area contributed by atoms with Crippen LogP contribution in [-0.2, 0) is 15.9 Å². The van der Waals surface area contributed by atoms with E-state index in [9.17, 15) is 0 Å². The number of benzene rings is 1. The molecule has 0 spiro atoms. The average molecular weight is 219 g/mol. The van der Waals surface area contributed by atoms with Crippen LogP contribution in [0.5, 0.6) is 0 Å². The van der Waals surface area contributed by atoms with E-state index in [-0.39, 0.29) is 6.10 Å². The van der Waals surface area contributed by atoms with Gasteiger partial charge in [0.25, 0.3) is 0 Å². The molecule has 1 saturated heterocycles. The molecule has 0 bridgehead atoms.